The zero-order chi connectivity index (χ0) is 13.8. The zero-order valence-electron chi connectivity index (χ0n) is 12.3. The van der Waals surface area contributed by atoms with Crippen molar-refractivity contribution in [2.45, 2.75) is 50.7 Å². The van der Waals surface area contributed by atoms with Gasteiger partial charge in [0.2, 0.25) is 0 Å². The van der Waals surface area contributed by atoms with Crippen molar-refractivity contribution in [2.24, 2.45) is 0 Å². The lowest BCUT2D eigenvalue weighted by atomic mass is 9.85. The Bertz CT molecular complexity index is 432. The van der Waals surface area contributed by atoms with Crippen molar-refractivity contribution >= 4 is 0 Å². The number of para-hydroxylation sites is 1. The molecule has 0 saturated carbocycles. The highest BCUT2D eigenvalue weighted by Gasteiger charge is 2.39. The summed E-state index contributed by atoms with van der Waals surface area (Å²) in [6.45, 7) is 4.61. The van der Waals surface area contributed by atoms with Crippen molar-refractivity contribution in [3.8, 4) is 5.75 Å². The van der Waals surface area contributed by atoms with Crippen LogP contribution in [0.2, 0.25) is 0 Å². The Morgan fingerprint density at radius 3 is 2.80 bits per heavy atom. The number of hydrogen-bond acceptors (Lipinski definition) is 3. The van der Waals surface area contributed by atoms with E-state index in [2.05, 4.69) is 31.2 Å². The summed E-state index contributed by atoms with van der Waals surface area (Å²) in [6, 6.07) is 8.37. The Hall–Kier alpha value is -1.06. The van der Waals surface area contributed by atoms with E-state index in [1.807, 2.05) is 0 Å². The van der Waals surface area contributed by atoms with Gasteiger partial charge in [0, 0.05) is 26.1 Å². The van der Waals surface area contributed by atoms with Crippen molar-refractivity contribution in [1.29, 1.82) is 0 Å². The standard InChI is InChI=1S/C17H24O3/c1-2-14-5-3-4-6-16(14)20-15-7-10-19-17(13-15)8-11-18-12-9-17/h3-6,15H,2,7-13H2,1H3. The smallest absolute Gasteiger partial charge is 0.122 e. The summed E-state index contributed by atoms with van der Waals surface area (Å²) in [4.78, 5) is 0. The predicted octanol–water partition coefficient (Wildman–Crippen LogP) is 3.36. The van der Waals surface area contributed by atoms with Crippen LogP contribution in [0.3, 0.4) is 0 Å². The average Bonchev–Trinajstić information content (AvgIpc) is 2.49. The van der Waals surface area contributed by atoms with Crippen molar-refractivity contribution in [3.05, 3.63) is 29.8 Å². The fourth-order valence-corrected chi connectivity index (χ4v) is 3.27. The molecule has 2 aliphatic heterocycles. The molecule has 2 fully saturated rings. The van der Waals surface area contributed by atoms with Crippen LogP contribution >= 0.6 is 0 Å². The van der Waals surface area contributed by atoms with Crippen LogP contribution in [0.5, 0.6) is 5.75 Å². The first-order valence-electron chi connectivity index (χ1n) is 7.78. The SMILES string of the molecule is CCc1ccccc1OC1CCOC2(CCOCC2)C1. The van der Waals surface area contributed by atoms with E-state index >= 15 is 0 Å². The van der Waals surface area contributed by atoms with Crippen LogP contribution in [0.25, 0.3) is 0 Å². The van der Waals surface area contributed by atoms with Gasteiger partial charge < -0.3 is 14.2 Å². The molecule has 1 atom stereocenters. The minimum absolute atomic E-state index is 0.00231. The molecule has 2 aliphatic rings. The van der Waals surface area contributed by atoms with Crippen molar-refractivity contribution in [2.75, 3.05) is 19.8 Å². The van der Waals surface area contributed by atoms with Gasteiger partial charge in [0.25, 0.3) is 0 Å². The fraction of sp³-hybridized carbons (Fsp3) is 0.647. The van der Waals surface area contributed by atoms with Crippen LogP contribution in [0.1, 0.15) is 38.2 Å². The lowest BCUT2D eigenvalue weighted by molar-refractivity contribution is -0.155. The predicted molar refractivity (Wildman–Crippen MR) is 78.2 cm³/mol. The maximum atomic E-state index is 6.28. The highest BCUT2D eigenvalue weighted by Crippen LogP contribution is 2.36. The monoisotopic (exact) mass is 276 g/mol. The van der Waals surface area contributed by atoms with Gasteiger partial charge in [0.15, 0.2) is 0 Å². The van der Waals surface area contributed by atoms with Gasteiger partial charge in [-0.2, -0.15) is 0 Å². The first kappa shape index (κ1) is 13.9. The van der Waals surface area contributed by atoms with Crippen molar-refractivity contribution < 1.29 is 14.2 Å². The van der Waals surface area contributed by atoms with Crippen molar-refractivity contribution in [1.82, 2.24) is 0 Å². The molecular weight excluding hydrogens is 252 g/mol. The second-order valence-electron chi connectivity index (χ2n) is 5.84. The molecule has 3 nitrogen and oxygen atoms in total. The van der Waals surface area contributed by atoms with Gasteiger partial charge in [0.1, 0.15) is 11.9 Å². The number of rotatable bonds is 3. The maximum absolute atomic E-state index is 6.28. The highest BCUT2D eigenvalue weighted by atomic mass is 16.5. The van der Waals surface area contributed by atoms with E-state index in [-0.39, 0.29) is 11.7 Å². The molecule has 0 radical (unpaired) electrons. The highest BCUT2D eigenvalue weighted by molar-refractivity contribution is 5.33. The molecule has 0 aliphatic carbocycles. The lowest BCUT2D eigenvalue weighted by Gasteiger charge is -2.43. The third-order valence-electron chi connectivity index (χ3n) is 4.50. The van der Waals surface area contributed by atoms with E-state index in [4.69, 9.17) is 14.2 Å². The second kappa shape index (κ2) is 6.15. The summed E-state index contributed by atoms with van der Waals surface area (Å²) in [5.74, 6) is 1.05. The van der Waals surface area contributed by atoms with Gasteiger partial charge in [-0.05, 0) is 30.9 Å². The maximum Gasteiger partial charge on any atom is 0.122 e. The fourth-order valence-electron chi connectivity index (χ4n) is 3.27. The number of hydrogen-bond donors (Lipinski definition) is 0. The average molecular weight is 276 g/mol. The normalized spacial score (nSPS) is 25.6. The molecule has 0 amide bonds. The number of ether oxygens (including phenoxy) is 3. The Balaban J connectivity index is 1.68. The molecule has 1 spiro atoms. The van der Waals surface area contributed by atoms with Gasteiger partial charge in [-0.15, -0.1) is 0 Å². The third kappa shape index (κ3) is 2.99. The van der Waals surface area contributed by atoms with E-state index in [9.17, 15) is 0 Å². The minimum Gasteiger partial charge on any atom is -0.490 e. The molecule has 2 saturated heterocycles. The Morgan fingerprint density at radius 2 is 2.00 bits per heavy atom. The molecule has 1 aromatic carbocycles. The Labute approximate surface area is 121 Å². The third-order valence-corrected chi connectivity index (χ3v) is 4.50. The minimum atomic E-state index is 0.00231. The summed E-state index contributed by atoms with van der Waals surface area (Å²) < 4.78 is 17.8. The number of benzene rings is 1. The first-order valence-corrected chi connectivity index (χ1v) is 7.78. The molecule has 0 bridgehead atoms. The summed E-state index contributed by atoms with van der Waals surface area (Å²) in [5, 5.41) is 0. The van der Waals surface area contributed by atoms with Gasteiger partial charge in [-0.3, -0.25) is 0 Å². The topological polar surface area (TPSA) is 27.7 Å². The Kier molecular flexibility index (Phi) is 4.27. The van der Waals surface area contributed by atoms with E-state index < -0.39 is 0 Å². The largest absolute Gasteiger partial charge is 0.490 e. The van der Waals surface area contributed by atoms with Crippen LogP contribution in [0.4, 0.5) is 0 Å². The first-order chi connectivity index (χ1) is 9.81. The van der Waals surface area contributed by atoms with E-state index in [1.54, 1.807) is 0 Å². The number of aryl methyl sites for hydroxylation is 1. The molecule has 3 rings (SSSR count). The van der Waals surface area contributed by atoms with Crippen LogP contribution in [-0.4, -0.2) is 31.5 Å². The molecule has 0 aromatic heterocycles. The van der Waals surface area contributed by atoms with Gasteiger partial charge in [0.05, 0.1) is 12.2 Å². The van der Waals surface area contributed by atoms with Gasteiger partial charge in [-0.1, -0.05) is 25.1 Å². The molecule has 2 heterocycles. The van der Waals surface area contributed by atoms with E-state index in [0.29, 0.717) is 0 Å². The summed E-state index contributed by atoms with van der Waals surface area (Å²) in [7, 11) is 0. The zero-order valence-corrected chi connectivity index (χ0v) is 12.3. The summed E-state index contributed by atoms with van der Waals surface area (Å²) in [5.41, 5.74) is 1.29. The van der Waals surface area contributed by atoms with Gasteiger partial charge >= 0.3 is 0 Å². The molecule has 110 valence electrons. The molecule has 0 N–H and O–H groups in total. The van der Waals surface area contributed by atoms with Crippen LogP contribution in [0.15, 0.2) is 24.3 Å². The van der Waals surface area contributed by atoms with Gasteiger partial charge in [-0.25, -0.2) is 0 Å². The molecular formula is C17H24O3. The van der Waals surface area contributed by atoms with Crippen LogP contribution in [-0.2, 0) is 15.9 Å². The molecule has 1 aromatic rings. The molecule has 20 heavy (non-hydrogen) atoms. The quantitative estimate of drug-likeness (QED) is 0.847. The van der Waals surface area contributed by atoms with Crippen LogP contribution < -0.4 is 4.74 Å². The molecule has 1 unspecified atom stereocenters. The van der Waals surface area contributed by atoms with E-state index in [1.165, 1.54) is 5.56 Å². The Morgan fingerprint density at radius 1 is 1.20 bits per heavy atom. The second-order valence-corrected chi connectivity index (χ2v) is 5.84. The van der Waals surface area contributed by atoms with Crippen LogP contribution in [0, 0.1) is 0 Å². The lowest BCUT2D eigenvalue weighted by Crippen LogP contribution is -2.47. The summed E-state index contributed by atoms with van der Waals surface area (Å²) >= 11 is 0. The molecule has 3 heteroatoms. The van der Waals surface area contributed by atoms with E-state index in [0.717, 1.165) is 57.7 Å². The van der Waals surface area contributed by atoms with Crippen molar-refractivity contribution in [3.63, 3.8) is 0 Å². The summed E-state index contributed by atoms with van der Waals surface area (Å²) in [6.07, 6.45) is 5.27.